The average Bonchev–Trinajstić information content (AvgIpc) is 2.98. The summed E-state index contributed by atoms with van der Waals surface area (Å²) in [5, 5.41) is 0. The first kappa shape index (κ1) is 24.8. The molecule has 0 unspecified atom stereocenters. The molecule has 35 heavy (non-hydrogen) atoms. The molecule has 0 bridgehead atoms. The summed E-state index contributed by atoms with van der Waals surface area (Å²) in [5.74, 6) is 0.103. The summed E-state index contributed by atoms with van der Waals surface area (Å²) in [6.07, 6.45) is 5.57. The number of allylic oxidation sites excluding steroid dienone is 1. The van der Waals surface area contributed by atoms with Crippen LogP contribution in [0.15, 0.2) is 60.7 Å². The Bertz CT molecular complexity index is 1260. The van der Waals surface area contributed by atoms with E-state index in [4.69, 9.17) is 10.5 Å². The van der Waals surface area contributed by atoms with Crippen LogP contribution in [0.5, 0.6) is 5.75 Å². The second-order valence-corrected chi connectivity index (χ2v) is 11.2. The Morgan fingerprint density at radius 2 is 1.54 bits per heavy atom. The number of benzene rings is 3. The fourth-order valence-electron chi connectivity index (χ4n) is 5.65. The normalized spacial score (nSPS) is 16.1. The molecule has 3 aromatic carbocycles. The molecular formula is C32H37NO2. The molecule has 0 saturated heterocycles. The lowest BCUT2D eigenvalue weighted by atomic mass is 9.82. The highest BCUT2D eigenvalue weighted by molar-refractivity contribution is 5.91. The Kier molecular flexibility index (Phi) is 6.64. The first-order chi connectivity index (χ1) is 16.5. The predicted octanol–water partition coefficient (Wildman–Crippen LogP) is 7.96. The van der Waals surface area contributed by atoms with Crippen LogP contribution < -0.4 is 10.5 Å². The fourth-order valence-corrected chi connectivity index (χ4v) is 5.65. The van der Waals surface area contributed by atoms with E-state index in [1.54, 1.807) is 24.3 Å². The van der Waals surface area contributed by atoms with Gasteiger partial charge in [0.2, 0.25) is 0 Å². The van der Waals surface area contributed by atoms with Crippen molar-refractivity contribution < 1.29 is 9.53 Å². The van der Waals surface area contributed by atoms with E-state index in [0.29, 0.717) is 17.0 Å². The zero-order valence-corrected chi connectivity index (χ0v) is 21.9. The van der Waals surface area contributed by atoms with Gasteiger partial charge in [-0.05, 0) is 100 Å². The number of hydrogen-bond donors (Lipinski definition) is 1. The number of nitrogen functional groups attached to an aromatic ring is 1. The van der Waals surface area contributed by atoms with Crippen LogP contribution in [-0.4, -0.2) is 5.97 Å². The second-order valence-electron chi connectivity index (χ2n) is 11.2. The molecule has 4 rings (SSSR count). The monoisotopic (exact) mass is 467 g/mol. The molecule has 0 radical (unpaired) electrons. The maximum absolute atomic E-state index is 12.5. The number of hydrogen-bond acceptors (Lipinski definition) is 3. The zero-order valence-electron chi connectivity index (χ0n) is 21.9. The van der Waals surface area contributed by atoms with Gasteiger partial charge in [0.15, 0.2) is 0 Å². The van der Waals surface area contributed by atoms with Crippen molar-refractivity contribution in [2.24, 2.45) is 0 Å². The van der Waals surface area contributed by atoms with Gasteiger partial charge in [0, 0.05) is 5.69 Å². The third-order valence-electron chi connectivity index (χ3n) is 7.15. The Hall–Kier alpha value is -3.33. The lowest BCUT2D eigenvalue weighted by Gasteiger charge is -2.22. The fraction of sp³-hybridized carbons (Fsp3) is 0.344. The topological polar surface area (TPSA) is 52.3 Å². The summed E-state index contributed by atoms with van der Waals surface area (Å²) in [5.41, 5.74) is 15.3. The van der Waals surface area contributed by atoms with E-state index in [0.717, 1.165) is 18.4 Å². The second kappa shape index (κ2) is 9.37. The van der Waals surface area contributed by atoms with E-state index in [1.165, 1.54) is 34.2 Å². The van der Waals surface area contributed by atoms with Gasteiger partial charge in [-0.1, -0.05) is 71.4 Å². The molecule has 0 heterocycles. The molecule has 3 nitrogen and oxygen atoms in total. The van der Waals surface area contributed by atoms with Gasteiger partial charge >= 0.3 is 5.97 Å². The van der Waals surface area contributed by atoms with E-state index >= 15 is 0 Å². The molecule has 0 atom stereocenters. The Morgan fingerprint density at radius 3 is 2.14 bits per heavy atom. The molecule has 2 N–H and O–H groups in total. The van der Waals surface area contributed by atoms with Crippen molar-refractivity contribution in [3.8, 4) is 5.75 Å². The molecule has 0 aliphatic heterocycles. The van der Waals surface area contributed by atoms with Gasteiger partial charge in [0.05, 0.1) is 5.56 Å². The number of ether oxygens (including phenoxy) is 1. The number of anilines is 1. The number of carbonyl (C=O) groups excluding carboxylic acids is 1. The zero-order chi connectivity index (χ0) is 25.4. The van der Waals surface area contributed by atoms with Gasteiger partial charge in [-0.25, -0.2) is 4.79 Å². The van der Waals surface area contributed by atoms with Crippen molar-refractivity contribution in [2.75, 3.05) is 5.73 Å². The Morgan fingerprint density at radius 1 is 0.943 bits per heavy atom. The van der Waals surface area contributed by atoms with Crippen molar-refractivity contribution in [2.45, 2.75) is 71.6 Å². The summed E-state index contributed by atoms with van der Waals surface area (Å²) in [6.45, 7) is 13.9. The van der Waals surface area contributed by atoms with Crippen molar-refractivity contribution >= 4 is 23.3 Å². The molecule has 3 heteroatoms. The van der Waals surface area contributed by atoms with Crippen molar-refractivity contribution in [1.29, 1.82) is 0 Å². The highest BCUT2D eigenvalue weighted by atomic mass is 16.5. The molecule has 3 aromatic rings. The van der Waals surface area contributed by atoms with Crippen LogP contribution >= 0.6 is 0 Å². The summed E-state index contributed by atoms with van der Waals surface area (Å²) in [7, 11) is 0. The van der Waals surface area contributed by atoms with Crippen molar-refractivity contribution in [3.05, 3.63) is 94.0 Å². The molecular weight excluding hydrogens is 430 g/mol. The van der Waals surface area contributed by atoms with Crippen LogP contribution in [0.1, 0.15) is 92.6 Å². The Balaban J connectivity index is 1.61. The molecule has 0 amide bonds. The van der Waals surface area contributed by atoms with Crippen LogP contribution in [0, 0.1) is 0 Å². The molecule has 1 aliphatic carbocycles. The lowest BCUT2D eigenvalue weighted by Crippen LogP contribution is -2.18. The van der Waals surface area contributed by atoms with Crippen LogP contribution in [0.4, 0.5) is 5.69 Å². The molecule has 0 fully saturated rings. The molecule has 0 aromatic heterocycles. The number of rotatable bonds is 6. The molecule has 1 aliphatic rings. The van der Waals surface area contributed by atoms with E-state index in [-0.39, 0.29) is 16.8 Å². The number of nitrogens with two attached hydrogens (primary N) is 1. The molecule has 0 spiro atoms. The number of fused-ring (bicyclic) bond motifs is 1. The van der Waals surface area contributed by atoms with Crippen LogP contribution in [0.25, 0.3) is 11.6 Å². The maximum atomic E-state index is 12.5. The maximum Gasteiger partial charge on any atom is 0.343 e. The number of carbonyl (C=O) groups is 1. The quantitative estimate of drug-likeness (QED) is 0.173. The number of aryl methyl sites for hydroxylation is 1. The van der Waals surface area contributed by atoms with Crippen LogP contribution in [0.3, 0.4) is 0 Å². The third-order valence-corrected chi connectivity index (χ3v) is 7.15. The Labute approximate surface area is 210 Å². The SMILES string of the molecule is CCCc1cc2c(cc1C(C)=Cc1ccc(C(=O)Oc3ccc(N)cc3)cc1)C(C)(C)CC2(C)C. The van der Waals surface area contributed by atoms with Crippen molar-refractivity contribution in [1.82, 2.24) is 0 Å². The minimum absolute atomic E-state index is 0.172. The van der Waals surface area contributed by atoms with Crippen LogP contribution in [-0.2, 0) is 17.3 Å². The largest absolute Gasteiger partial charge is 0.423 e. The summed E-state index contributed by atoms with van der Waals surface area (Å²) < 4.78 is 5.46. The summed E-state index contributed by atoms with van der Waals surface area (Å²) in [4.78, 5) is 12.5. The average molecular weight is 468 g/mol. The van der Waals surface area contributed by atoms with Gasteiger partial charge in [-0.2, -0.15) is 0 Å². The smallest absolute Gasteiger partial charge is 0.343 e. The minimum atomic E-state index is -0.379. The van der Waals surface area contributed by atoms with E-state index in [2.05, 4.69) is 59.8 Å². The predicted molar refractivity (Wildman–Crippen MR) is 147 cm³/mol. The van der Waals surface area contributed by atoms with Gasteiger partial charge in [0.25, 0.3) is 0 Å². The highest BCUT2D eigenvalue weighted by Gasteiger charge is 2.42. The van der Waals surface area contributed by atoms with Gasteiger partial charge in [-0.3, -0.25) is 0 Å². The van der Waals surface area contributed by atoms with E-state index < -0.39 is 0 Å². The van der Waals surface area contributed by atoms with Crippen LogP contribution in [0.2, 0.25) is 0 Å². The number of esters is 1. The molecule has 0 saturated carbocycles. The third kappa shape index (κ3) is 5.19. The van der Waals surface area contributed by atoms with Gasteiger partial charge < -0.3 is 10.5 Å². The first-order valence-corrected chi connectivity index (χ1v) is 12.5. The first-order valence-electron chi connectivity index (χ1n) is 12.5. The summed E-state index contributed by atoms with van der Waals surface area (Å²) >= 11 is 0. The van der Waals surface area contributed by atoms with E-state index in [9.17, 15) is 4.79 Å². The van der Waals surface area contributed by atoms with Gasteiger partial charge in [-0.15, -0.1) is 0 Å². The highest BCUT2D eigenvalue weighted by Crippen LogP contribution is 2.50. The summed E-state index contributed by atoms with van der Waals surface area (Å²) in [6, 6.07) is 19.3. The van der Waals surface area contributed by atoms with Gasteiger partial charge in [0.1, 0.15) is 5.75 Å². The standard InChI is InChI=1S/C32H37NO2/c1-7-8-24-18-28-29(32(5,6)20-31(28,3)4)19-27(24)21(2)17-22-9-11-23(12-10-22)30(34)35-26-15-13-25(33)14-16-26/h9-19H,7-8,20,33H2,1-6H3. The minimum Gasteiger partial charge on any atom is -0.423 e. The molecule has 182 valence electrons. The van der Waals surface area contributed by atoms with E-state index in [1.807, 2.05) is 24.3 Å². The van der Waals surface area contributed by atoms with Crippen molar-refractivity contribution in [3.63, 3.8) is 0 Å². The lowest BCUT2D eigenvalue weighted by molar-refractivity contribution is 0.0735.